The molecule has 6 heteroatoms. The smallest absolute Gasteiger partial charge is 0.212 e. The minimum atomic E-state index is -0.344. The molecule has 29 heavy (non-hydrogen) atoms. The van der Waals surface area contributed by atoms with Crippen molar-refractivity contribution in [2.45, 2.75) is 26.8 Å². The molecule has 0 aliphatic heterocycles. The summed E-state index contributed by atoms with van der Waals surface area (Å²) in [6.45, 7) is 8.58. The lowest BCUT2D eigenvalue weighted by Crippen LogP contribution is -2.37. The molecular formula is C23H26ClFN2O2. The Labute approximate surface area is 175 Å². The summed E-state index contributed by atoms with van der Waals surface area (Å²) in [5, 5.41) is 4.61. The van der Waals surface area contributed by atoms with Crippen molar-refractivity contribution >= 4 is 28.4 Å². The summed E-state index contributed by atoms with van der Waals surface area (Å²) in [6, 6.07) is 12.2. The zero-order chi connectivity index (χ0) is 21.0. The maximum atomic E-state index is 13.5. The lowest BCUT2D eigenvalue weighted by atomic mass is 10.0. The number of Topliss-reactive ketones (excluding diaryl/α,β-unsaturated/α-hetero) is 1. The number of benzene rings is 2. The number of hydrogen-bond donors (Lipinski definition) is 1. The van der Waals surface area contributed by atoms with Gasteiger partial charge in [0.25, 0.3) is 0 Å². The normalized spacial score (nSPS) is 12.6. The molecular weight excluding hydrogens is 391 g/mol. The van der Waals surface area contributed by atoms with E-state index in [-0.39, 0.29) is 29.9 Å². The molecule has 2 aromatic carbocycles. The Hall–Kier alpha value is -2.21. The largest absolute Gasteiger partial charge is 0.453 e. The summed E-state index contributed by atoms with van der Waals surface area (Å²) in [5.41, 5.74) is 2.34. The van der Waals surface area contributed by atoms with Crippen LogP contribution in [0.15, 0.2) is 46.9 Å². The highest BCUT2D eigenvalue weighted by atomic mass is 35.5. The molecule has 0 amide bonds. The zero-order valence-electron chi connectivity index (χ0n) is 17.0. The number of hydrogen-bond acceptors (Lipinski definition) is 4. The molecule has 1 unspecified atom stereocenters. The van der Waals surface area contributed by atoms with E-state index in [0.29, 0.717) is 28.1 Å². The van der Waals surface area contributed by atoms with E-state index in [2.05, 4.69) is 24.1 Å². The molecule has 0 saturated carbocycles. The number of nitrogens with zero attached hydrogens (tertiary/aromatic N) is 1. The van der Waals surface area contributed by atoms with Crippen LogP contribution in [0.1, 0.15) is 41.6 Å². The number of aryl methyl sites for hydroxylation is 1. The predicted molar refractivity (Wildman–Crippen MR) is 115 cm³/mol. The summed E-state index contributed by atoms with van der Waals surface area (Å²) in [5.74, 6) is -0.207. The fraction of sp³-hybridized carbons (Fsp3) is 0.348. The third kappa shape index (κ3) is 4.86. The van der Waals surface area contributed by atoms with Crippen molar-refractivity contribution in [3.8, 4) is 0 Å². The first-order valence-corrected chi connectivity index (χ1v) is 10.2. The highest BCUT2D eigenvalue weighted by Crippen LogP contribution is 2.26. The van der Waals surface area contributed by atoms with Gasteiger partial charge >= 0.3 is 0 Å². The molecule has 3 rings (SSSR count). The Morgan fingerprint density at radius 1 is 1.17 bits per heavy atom. The first-order valence-electron chi connectivity index (χ1n) is 9.86. The fourth-order valence-electron chi connectivity index (χ4n) is 3.67. The second kappa shape index (κ2) is 9.53. The maximum Gasteiger partial charge on any atom is 0.212 e. The van der Waals surface area contributed by atoms with Crippen molar-refractivity contribution in [2.24, 2.45) is 0 Å². The van der Waals surface area contributed by atoms with Crippen molar-refractivity contribution in [2.75, 3.05) is 26.2 Å². The van der Waals surface area contributed by atoms with Crippen molar-refractivity contribution in [3.63, 3.8) is 0 Å². The lowest BCUT2D eigenvalue weighted by Gasteiger charge is -2.30. The SMILES string of the molecule is CCN(CC)C(CNCC(=O)c1oc2ccc(F)cc2c1C)c1ccc(Cl)cc1. The summed E-state index contributed by atoms with van der Waals surface area (Å²) in [7, 11) is 0. The molecule has 4 nitrogen and oxygen atoms in total. The molecule has 154 valence electrons. The number of fused-ring (bicyclic) bond motifs is 1. The van der Waals surface area contributed by atoms with E-state index in [4.69, 9.17) is 16.0 Å². The molecule has 0 radical (unpaired) electrons. The van der Waals surface area contributed by atoms with E-state index < -0.39 is 0 Å². The monoisotopic (exact) mass is 416 g/mol. The zero-order valence-corrected chi connectivity index (χ0v) is 17.7. The topological polar surface area (TPSA) is 45.5 Å². The van der Waals surface area contributed by atoms with E-state index in [1.54, 1.807) is 13.0 Å². The van der Waals surface area contributed by atoms with E-state index in [1.165, 1.54) is 12.1 Å². The Balaban J connectivity index is 1.71. The molecule has 1 N–H and O–H groups in total. The van der Waals surface area contributed by atoms with Crippen LogP contribution < -0.4 is 5.32 Å². The van der Waals surface area contributed by atoms with Gasteiger partial charge in [-0.3, -0.25) is 9.69 Å². The van der Waals surface area contributed by atoms with Gasteiger partial charge < -0.3 is 9.73 Å². The van der Waals surface area contributed by atoms with Crippen LogP contribution in [0.5, 0.6) is 0 Å². The number of rotatable bonds is 9. The van der Waals surface area contributed by atoms with Crippen LogP contribution in [0.2, 0.25) is 5.02 Å². The number of ketones is 1. The van der Waals surface area contributed by atoms with E-state index >= 15 is 0 Å². The molecule has 1 aromatic heterocycles. The predicted octanol–water partition coefficient (Wildman–Crippen LogP) is 5.39. The quantitative estimate of drug-likeness (QED) is 0.475. The van der Waals surface area contributed by atoms with Crippen molar-refractivity contribution in [1.82, 2.24) is 10.2 Å². The van der Waals surface area contributed by atoms with Gasteiger partial charge in [0.05, 0.1) is 6.54 Å². The number of likely N-dealkylation sites (N-methyl/N-ethyl adjacent to an activating group) is 1. The third-order valence-electron chi connectivity index (χ3n) is 5.28. The van der Waals surface area contributed by atoms with Gasteiger partial charge in [0.2, 0.25) is 5.78 Å². The molecule has 1 heterocycles. The Morgan fingerprint density at radius 3 is 2.52 bits per heavy atom. The number of halogens is 2. The highest BCUT2D eigenvalue weighted by molar-refractivity contribution is 6.30. The summed E-state index contributed by atoms with van der Waals surface area (Å²) in [6.07, 6.45) is 0. The molecule has 1 atom stereocenters. The third-order valence-corrected chi connectivity index (χ3v) is 5.53. The van der Waals surface area contributed by atoms with E-state index in [1.807, 2.05) is 24.3 Å². The number of furan rings is 1. The molecule has 3 aromatic rings. The summed E-state index contributed by atoms with van der Waals surface area (Å²) in [4.78, 5) is 15.0. The van der Waals surface area contributed by atoms with Crippen LogP contribution in [0, 0.1) is 12.7 Å². The minimum absolute atomic E-state index is 0.126. The van der Waals surface area contributed by atoms with Crippen LogP contribution in [-0.2, 0) is 0 Å². The molecule has 0 saturated heterocycles. The van der Waals surface area contributed by atoms with Crippen molar-refractivity contribution in [3.05, 3.63) is 70.2 Å². The Morgan fingerprint density at radius 2 is 1.86 bits per heavy atom. The van der Waals surface area contributed by atoms with Gasteiger partial charge in [-0.25, -0.2) is 4.39 Å². The summed E-state index contributed by atoms with van der Waals surface area (Å²) >= 11 is 6.03. The average molecular weight is 417 g/mol. The van der Waals surface area contributed by atoms with Crippen LogP contribution in [0.25, 0.3) is 11.0 Å². The maximum absolute atomic E-state index is 13.5. The van der Waals surface area contributed by atoms with Crippen molar-refractivity contribution < 1.29 is 13.6 Å². The highest BCUT2D eigenvalue weighted by Gasteiger charge is 2.21. The molecule has 0 aliphatic carbocycles. The standard InChI is InChI=1S/C23H26ClFN2O2/c1-4-27(5-2)20(16-6-8-17(24)9-7-16)13-26-14-21(28)23-15(3)19-12-18(25)10-11-22(19)29-23/h6-12,20,26H,4-5,13-14H2,1-3H3. The van der Waals surface area contributed by atoms with Gasteiger partial charge in [-0.05, 0) is 55.9 Å². The second-order valence-electron chi connectivity index (χ2n) is 7.04. The summed E-state index contributed by atoms with van der Waals surface area (Å²) < 4.78 is 19.2. The Kier molecular flexibility index (Phi) is 7.06. The van der Waals surface area contributed by atoms with Crippen LogP contribution in [0.4, 0.5) is 4.39 Å². The van der Waals surface area contributed by atoms with Gasteiger partial charge in [0, 0.05) is 28.6 Å². The van der Waals surface area contributed by atoms with E-state index in [9.17, 15) is 9.18 Å². The fourth-order valence-corrected chi connectivity index (χ4v) is 3.79. The van der Waals surface area contributed by atoms with Gasteiger partial charge in [0.1, 0.15) is 11.4 Å². The van der Waals surface area contributed by atoms with Gasteiger partial charge in [0.15, 0.2) is 5.76 Å². The average Bonchev–Trinajstić information content (AvgIpc) is 3.04. The number of nitrogens with one attached hydrogen (secondary N) is 1. The second-order valence-corrected chi connectivity index (χ2v) is 7.48. The molecule has 0 fully saturated rings. The van der Waals surface area contributed by atoms with Crippen LogP contribution in [0.3, 0.4) is 0 Å². The van der Waals surface area contributed by atoms with Crippen molar-refractivity contribution in [1.29, 1.82) is 0 Å². The van der Waals surface area contributed by atoms with Gasteiger partial charge in [-0.15, -0.1) is 0 Å². The van der Waals surface area contributed by atoms with Gasteiger partial charge in [-0.2, -0.15) is 0 Å². The van der Waals surface area contributed by atoms with Gasteiger partial charge in [-0.1, -0.05) is 37.6 Å². The molecule has 0 bridgehead atoms. The number of carbonyl (C=O) groups excluding carboxylic acids is 1. The first kappa shape index (κ1) is 21.5. The minimum Gasteiger partial charge on any atom is -0.453 e. The van der Waals surface area contributed by atoms with Crippen LogP contribution >= 0.6 is 11.6 Å². The lowest BCUT2D eigenvalue weighted by molar-refractivity contribution is 0.0961. The van der Waals surface area contributed by atoms with Crippen LogP contribution in [-0.4, -0.2) is 36.9 Å². The Bertz CT molecular complexity index is 980. The number of carbonyl (C=O) groups is 1. The molecule has 0 spiro atoms. The molecule has 0 aliphatic rings. The van der Waals surface area contributed by atoms with E-state index in [0.717, 1.165) is 18.7 Å². The first-order chi connectivity index (χ1) is 13.9.